The first-order valence-corrected chi connectivity index (χ1v) is 13.5. The van der Waals surface area contributed by atoms with Crippen molar-refractivity contribution in [3.63, 3.8) is 0 Å². The Balaban J connectivity index is 1.23. The third-order valence-electron chi connectivity index (χ3n) is 7.10. The van der Waals surface area contributed by atoms with Gasteiger partial charge in [0.05, 0.1) is 33.1 Å². The molecule has 2 N–H and O–H groups in total. The van der Waals surface area contributed by atoms with Crippen molar-refractivity contribution in [1.29, 1.82) is 0 Å². The number of nitrogens with zero attached hydrogens (tertiary/aromatic N) is 4. The van der Waals surface area contributed by atoms with E-state index >= 15 is 0 Å². The lowest BCUT2D eigenvalue weighted by atomic mass is 10.1. The van der Waals surface area contributed by atoms with Gasteiger partial charge in [0.1, 0.15) is 30.4 Å². The molecule has 1 aliphatic rings. The molecule has 224 valence electrons. The number of ether oxygens (including phenoxy) is 4. The van der Waals surface area contributed by atoms with E-state index in [9.17, 15) is 19.5 Å². The molecule has 4 aromatic rings. The number of carbonyl (C=O) groups excluding carboxylic acids is 1. The molecular formula is C30H31N5O8. The molecule has 13 nitrogen and oxygen atoms in total. The molecule has 43 heavy (non-hydrogen) atoms. The molecule has 13 heteroatoms. The van der Waals surface area contributed by atoms with Crippen molar-refractivity contribution in [2.24, 2.45) is 0 Å². The largest absolute Gasteiger partial charge is 0.497 e. The van der Waals surface area contributed by atoms with Crippen LogP contribution in [0.5, 0.6) is 17.2 Å². The molecule has 0 spiro atoms. The lowest BCUT2D eigenvalue weighted by molar-refractivity contribution is -0.0323. The van der Waals surface area contributed by atoms with Crippen LogP contribution in [0.25, 0.3) is 6.08 Å². The van der Waals surface area contributed by atoms with Crippen molar-refractivity contribution < 1.29 is 28.8 Å². The lowest BCUT2D eigenvalue weighted by Gasteiger charge is -2.15. The molecule has 2 aromatic carbocycles. The van der Waals surface area contributed by atoms with Gasteiger partial charge >= 0.3 is 5.69 Å². The van der Waals surface area contributed by atoms with Crippen molar-refractivity contribution in [2.45, 2.75) is 38.3 Å². The average Bonchev–Trinajstić information content (AvgIpc) is 3.68. The number of ketones is 1. The van der Waals surface area contributed by atoms with Crippen LogP contribution < -0.4 is 25.5 Å². The van der Waals surface area contributed by atoms with E-state index in [0.717, 1.165) is 5.56 Å². The Hall–Kier alpha value is -5.01. The maximum Gasteiger partial charge on any atom is 0.330 e. The van der Waals surface area contributed by atoms with Gasteiger partial charge < -0.3 is 24.1 Å². The summed E-state index contributed by atoms with van der Waals surface area (Å²) < 4.78 is 25.4. The lowest BCUT2D eigenvalue weighted by Crippen LogP contribution is -2.33. The maximum atomic E-state index is 12.5. The molecule has 3 atom stereocenters. The summed E-state index contributed by atoms with van der Waals surface area (Å²) in [6, 6.07) is 11.8. The molecule has 0 radical (unpaired) electrons. The Morgan fingerprint density at radius 2 is 1.91 bits per heavy atom. The number of aromatic amines is 1. The summed E-state index contributed by atoms with van der Waals surface area (Å²) in [7, 11) is 3.09. The van der Waals surface area contributed by atoms with Crippen LogP contribution in [0.2, 0.25) is 0 Å². The number of methoxy groups -OCH3 is 2. The van der Waals surface area contributed by atoms with E-state index in [2.05, 4.69) is 15.3 Å². The smallest absolute Gasteiger partial charge is 0.330 e. The van der Waals surface area contributed by atoms with Gasteiger partial charge in [-0.3, -0.25) is 19.1 Å². The Morgan fingerprint density at radius 1 is 1.12 bits per heavy atom. The number of rotatable bonds is 11. The van der Waals surface area contributed by atoms with Gasteiger partial charge in [0.25, 0.3) is 5.56 Å². The van der Waals surface area contributed by atoms with Crippen LogP contribution in [-0.2, 0) is 11.3 Å². The molecular weight excluding hydrogens is 558 g/mol. The summed E-state index contributed by atoms with van der Waals surface area (Å²) in [5.74, 6) is 1.48. The van der Waals surface area contributed by atoms with Crippen LogP contribution >= 0.6 is 0 Å². The van der Waals surface area contributed by atoms with Crippen LogP contribution in [-0.4, -0.2) is 62.4 Å². The minimum absolute atomic E-state index is 0.0842. The molecule has 1 saturated heterocycles. The topological polar surface area (TPSA) is 160 Å². The summed E-state index contributed by atoms with van der Waals surface area (Å²) in [4.78, 5) is 38.9. The summed E-state index contributed by atoms with van der Waals surface area (Å²) in [6.07, 6.45) is 5.30. The standard InChI is InChI=1S/C30H31N5O8/c1-18-14-34(30(39)31-29(18)38)28-13-23(27(16-36)43-28)35-15-21(32-33-35)17-42-25-11-5-19(12-26(25)41-3)4-10-24(37)20-6-8-22(40-2)9-7-20/h4-12,14-15,23,27-28,36H,13,16-17H2,1-3H3,(H,31,38,39)/b10-4+/t23-,27+,28+/m0/s1. The molecule has 2 aromatic heterocycles. The van der Waals surface area contributed by atoms with Gasteiger partial charge in [-0.1, -0.05) is 17.4 Å². The maximum absolute atomic E-state index is 12.5. The molecule has 3 heterocycles. The average molecular weight is 590 g/mol. The first-order chi connectivity index (χ1) is 20.8. The van der Waals surface area contributed by atoms with Crippen LogP contribution in [0.4, 0.5) is 0 Å². The Morgan fingerprint density at radius 3 is 2.63 bits per heavy atom. The molecule has 1 fully saturated rings. The van der Waals surface area contributed by atoms with Gasteiger partial charge in [0.2, 0.25) is 0 Å². The van der Waals surface area contributed by atoms with E-state index in [1.54, 1.807) is 73.5 Å². The zero-order valence-corrected chi connectivity index (χ0v) is 23.8. The van der Waals surface area contributed by atoms with E-state index in [1.165, 1.54) is 23.9 Å². The molecule has 0 amide bonds. The van der Waals surface area contributed by atoms with Gasteiger partial charge in [0.15, 0.2) is 17.3 Å². The number of hydrogen-bond acceptors (Lipinski definition) is 10. The first-order valence-electron chi connectivity index (χ1n) is 13.5. The number of carbonyl (C=O) groups is 1. The molecule has 0 bridgehead atoms. The molecule has 5 rings (SSSR count). The normalized spacial score (nSPS) is 18.2. The van der Waals surface area contributed by atoms with Gasteiger partial charge in [-0.05, 0) is 55.0 Å². The van der Waals surface area contributed by atoms with Crippen LogP contribution in [0.3, 0.4) is 0 Å². The SMILES string of the molecule is COc1ccc(C(=O)/C=C/c2ccc(OCc3cn([C@H]4C[C@H](n5cc(C)c(=O)[nH]c5=O)O[C@@H]4CO)nn3)c(OC)c2)cc1. The fourth-order valence-corrected chi connectivity index (χ4v) is 4.75. The fourth-order valence-electron chi connectivity index (χ4n) is 4.75. The van der Waals surface area contributed by atoms with E-state index in [-0.39, 0.29) is 19.0 Å². The number of nitrogens with one attached hydrogen (secondary N) is 1. The molecule has 0 aliphatic carbocycles. The van der Waals surface area contributed by atoms with Gasteiger partial charge in [-0.25, -0.2) is 9.48 Å². The third-order valence-corrected chi connectivity index (χ3v) is 7.10. The highest BCUT2D eigenvalue weighted by molar-refractivity contribution is 6.06. The van der Waals surface area contributed by atoms with Crippen molar-refractivity contribution >= 4 is 11.9 Å². The van der Waals surface area contributed by atoms with Crippen molar-refractivity contribution in [2.75, 3.05) is 20.8 Å². The second kappa shape index (κ2) is 12.9. The summed E-state index contributed by atoms with van der Waals surface area (Å²) in [5.41, 5.74) is 1.13. The number of aromatic nitrogens is 5. The number of H-pyrrole nitrogens is 1. The monoisotopic (exact) mass is 589 g/mol. The summed E-state index contributed by atoms with van der Waals surface area (Å²) in [5, 5.41) is 18.3. The van der Waals surface area contributed by atoms with Crippen molar-refractivity contribution in [1.82, 2.24) is 24.5 Å². The van der Waals surface area contributed by atoms with E-state index < -0.39 is 29.6 Å². The van der Waals surface area contributed by atoms with Crippen molar-refractivity contribution in [3.8, 4) is 17.2 Å². The van der Waals surface area contributed by atoms with E-state index in [1.807, 2.05) is 0 Å². The van der Waals surface area contributed by atoms with E-state index in [4.69, 9.17) is 18.9 Å². The number of aryl methyl sites for hydroxylation is 1. The van der Waals surface area contributed by atoms with Crippen LogP contribution in [0.1, 0.15) is 45.9 Å². The highest BCUT2D eigenvalue weighted by Gasteiger charge is 2.38. The predicted octanol–water partition coefficient (Wildman–Crippen LogP) is 2.45. The highest BCUT2D eigenvalue weighted by Crippen LogP contribution is 2.36. The minimum Gasteiger partial charge on any atom is -0.497 e. The number of aliphatic hydroxyl groups excluding tert-OH is 1. The fraction of sp³-hybridized carbons (Fsp3) is 0.300. The quantitative estimate of drug-likeness (QED) is 0.196. The third kappa shape index (κ3) is 6.58. The Kier molecular flexibility index (Phi) is 8.83. The highest BCUT2D eigenvalue weighted by atomic mass is 16.5. The van der Waals surface area contributed by atoms with Crippen molar-refractivity contribution in [3.05, 3.63) is 104 Å². The zero-order valence-electron chi connectivity index (χ0n) is 23.8. The van der Waals surface area contributed by atoms with Gasteiger partial charge in [0, 0.05) is 23.7 Å². The second-order valence-corrected chi connectivity index (χ2v) is 9.91. The van der Waals surface area contributed by atoms with E-state index in [0.29, 0.717) is 40.5 Å². The summed E-state index contributed by atoms with van der Waals surface area (Å²) >= 11 is 0. The van der Waals surface area contributed by atoms with Gasteiger partial charge in [-0.15, -0.1) is 5.10 Å². The summed E-state index contributed by atoms with van der Waals surface area (Å²) in [6.45, 7) is 1.38. The van der Waals surface area contributed by atoms with Crippen LogP contribution in [0, 0.1) is 6.92 Å². The minimum atomic E-state index is -0.697. The van der Waals surface area contributed by atoms with Crippen LogP contribution in [0.15, 0.2) is 70.5 Å². The Bertz CT molecular complexity index is 1740. The Labute approximate surface area is 245 Å². The van der Waals surface area contributed by atoms with Gasteiger partial charge in [-0.2, -0.15) is 0 Å². The number of allylic oxidation sites excluding steroid dienone is 1. The predicted molar refractivity (Wildman–Crippen MR) is 154 cm³/mol. The number of hydrogen-bond donors (Lipinski definition) is 2. The zero-order chi connectivity index (χ0) is 30.5. The second-order valence-electron chi connectivity index (χ2n) is 9.91. The molecule has 0 saturated carbocycles. The molecule has 1 aliphatic heterocycles. The first kappa shape index (κ1) is 29.5. The number of benzene rings is 2. The number of aliphatic hydroxyl groups is 1. The molecule has 0 unspecified atom stereocenters.